The fourth-order valence-electron chi connectivity index (χ4n) is 8.22. The van der Waals surface area contributed by atoms with Crippen LogP contribution in [0.4, 0.5) is 0 Å². The maximum atomic E-state index is 11.5. The van der Waals surface area contributed by atoms with E-state index < -0.39 is 0 Å². The molecule has 59 heavy (non-hydrogen) atoms. The van der Waals surface area contributed by atoms with E-state index in [0.717, 1.165) is 53.5 Å². The average molecular weight is 798 g/mol. The fraction of sp³-hybridized carbons (Fsp3) is 0.481. The van der Waals surface area contributed by atoms with Gasteiger partial charge in [0.2, 0.25) is 0 Å². The van der Waals surface area contributed by atoms with Gasteiger partial charge in [0.15, 0.2) is 5.82 Å². The minimum Gasteiger partial charge on any atom is -0.507 e. The van der Waals surface area contributed by atoms with Gasteiger partial charge >= 0.3 is 12.0 Å². The number of aromatic nitrogens is 3. The van der Waals surface area contributed by atoms with E-state index in [0.29, 0.717) is 17.3 Å². The van der Waals surface area contributed by atoms with Crippen LogP contribution in [0.15, 0.2) is 60.7 Å². The van der Waals surface area contributed by atoms with Gasteiger partial charge in [-0.1, -0.05) is 159 Å². The van der Waals surface area contributed by atoms with Crippen molar-refractivity contribution in [1.82, 2.24) is 15.0 Å². The first-order valence-electron chi connectivity index (χ1n) is 21.7. The lowest BCUT2D eigenvalue weighted by Gasteiger charge is -2.28. The Hall–Kier alpha value is -4.91. The standard InChI is InChI=1S/C52H67N3O4/c1-14-15-16-17-18-19-22-32-25-26-37-36-24-21-20-23-33(36)27-38(37)43(32)46-53-47(58-34-28-39(49(2,3)4)44(56)40(29-34)50(5,6)7)55-48(54-46)59-35-30-41(51(8,9)10)45(57)42(31-35)52(11,12)13/h20-21,23-26,28-31,56-57H,14-19,22,27H2,1-13H3. The highest BCUT2D eigenvalue weighted by molar-refractivity contribution is 5.85. The summed E-state index contributed by atoms with van der Waals surface area (Å²) in [6.07, 6.45) is 8.87. The molecule has 4 aromatic carbocycles. The van der Waals surface area contributed by atoms with E-state index in [2.05, 4.69) is 126 Å². The molecule has 7 heteroatoms. The molecule has 1 heterocycles. The summed E-state index contributed by atoms with van der Waals surface area (Å²) >= 11 is 0. The Morgan fingerprint density at radius 2 is 1.00 bits per heavy atom. The van der Waals surface area contributed by atoms with Crippen molar-refractivity contribution in [1.29, 1.82) is 0 Å². The zero-order valence-electron chi connectivity index (χ0n) is 38.0. The molecule has 1 aliphatic carbocycles. The number of hydrogen-bond donors (Lipinski definition) is 2. The normalized spacial score (nSPS) is 13.0. The fourth-order valence-corrected chi connectivity index (χ4v) is 8.22. The van der Waals surface area contributed by atoms with E-state index in [9.17, 15) is 10.2 Å². The summed E-state index contributed by atoms with van der Waals surface area (Å²) < 4.78 is 13.4. The van der Waals surface area contributed by atoms with Crippen LogP contribution < -0.4 is 9.47 Å². The molecule has 6 rings (SSSR count). The molecule has 0 fully saturated rings. The lowest BCUT2D eigenvalue weighted by Crippen LogP contribution is -2.17. The number of unbranched alkanes of at least 4 members (excludes halogenated alkanes) is 5. The first kappa shape index (κ1) is 43.7. The summed E-state index contributed by atoms with van der Waals surface area (Å²) in [5.74, 6) is 2.08. The summed E-state index contributed by atoms with van der Waals surface area (Å²) in [4.78, 5) is 15.1. The Morgan fingerprint density at radius 3 is 1.47 bits per heavy atom. The smallest absolute Gasteiger partial charge is 0.328 e. The maximum Gasteiger partial charge on any atom is 0.328 e. The quantitative estimate of drug-likeness (QED) is 0.119. The minimum atomic E-state index is -0.360. The second-order valence-electron chi connectivity index (χ2n) is 20.6. The number of benzene rings is 4. The summed E-state index contributed by atoms with van der Waals surface area (Å²) in [5, 5.41) is 23.0. The molecule has 0 bridgehead atoms. The Morgan fingerprint density at radius 1 is 0.542 bits per heavy atom. The van der Waals surface area contributed by atoms with E-state index in [-0.39, 0.29) is 45.2 Å². The van der Waals surface area contributed by atoms with Crippen molar-refractivity contribution in [3.8, 4) is 57.5 Å². The molecule has 5 aromatic rings. The van der Waals surface area contributed by atoms with Crippen LogP contribution in [0.25, 0.3) is 22.5 Å². The number of phenolic OH excluding ortho intramolecular Hbond substituents is 2. The number of aromatic hydroxyl groups is 2. The highest BCUT2D eigenvalue weighted by Gasteiger charge is 2.31. The predicted molar refractivity (Wildman–Crippen MR) is 242 cm³/mol. The lowest BCUT2D eigenvalue weighted by atomic mass is 9.79. The maximum absolute atomic E-state index is 11.5. The van der Waals surface area contributed by atoms with Crippen LogP contribution in [0.3, 0.4) is 0 Å². The van der Waals surface area contributed by atoms with Crippen molar-refractivity contribution in [3.05, 3.63) is 99.6 Å². The van der Waals surface area contributed by atoms with Crippen LogP contribution in [-0.4, -0.2) is 25.2 Å². The Labute approximate surface area is 353 Å². The van der Waals surface area contributed by atoms with Crippen LogP contribution in [-0.2, 0) is 34.5 Å². The second-order valence-corrected chi connectivity index (χ2v) is 20.6. The Balaban J connectivity index is 1.55. The molecule has 0 spiro atoms. The van der Waals surface area contributed by atoms with Gasteiger partial charge in [-0.15, -0.1) is 4.98 Å². The molecule has 0 saturated heterocycles. The van der Waals surface area contributed by atoms with Crippen molar-refractivity contribution >= 4 is 0 Å². The van der Waals surface area contributed by atoms with Crippen molar-refractivity contribution in [2.75, 3.05) is 0 Å². The molecule has 0 saturated carbocycles. The van der Waals surface area contributed by atoms with E-state index in [1.807, 2.05) is 24.3 Å². The largest absolute Gasteiger partial charge is 0.507 e. The van der Waals surface area contributed by atoms with Gasteiger partial charge in [0, 0.05) is 27.8 Å². The molecule has 0 atom stereocenters. The number of aryl methyl sites for hydroxylation is 1. The monoisotopic (exact) mass is 798 g/mol. The number of hydrogen-bond acceptors (Lipinski definition) is 7. The molecular weight excluding hydrogens is 731 g/mol. The predicted octanol–water partition coefficient (Wildman–Crippen LogP) is 14.2. The highest BCUT2D eigenvalue weighted by Crippen LogP contribution is 2.46. The van der Waals surface area contributed by atoms with Crippen LogP contribution in [0.2, 0.25) is 0 Å². The van der Waals surface area contributed by atoms with Crippen molar-refractivity contribution < 1.29 is 19.7 Å². The van der Waals surface area contributed by atoms with E-state index in [4.69, 9.17) is 24.4 Å². The molecule has 2 N–H and O–H groups in total. The average Bonchev–Trinajstić information content (AvgIpc) is 3.51. The third kappa shape index (κ3) is 9.77. The molecule has 0 aliphatic heterocycles. The van der Waals surface area contributed by atoms with Gasteiger partial charge in [0.25, 0.3) is 0 Å². The molecular formula is C52H67N3O4. The first-order valence-corrected chi connectivity index (χ1v) is 21.7. The Bertz CT molecular complexity index is 2140. The minimum absolute atomic E-state index is 0.0971. The second kappa shape index (κ2) is 16.6. The summed E-state index contributed by atoms with van der Waals surface area (Å²) in [6.45, 7) is 27.3. The van der Waals surface area contributed by atoms with Gasteiger partial charge in [-0.05, 0) is 93.0 Å². The Kier molecular flexibility index (Phi) is 12.3. The van der Waals surface area contributed by atoms with Crippen LogP contribution in [0.5, 0.6) is 35.0 Å². The summed E-state index contributed by atoms with van der Waals surface area (Å²) in [7, 11) is 0. The van der Waals surface area contributed by atoms with Crippen LogP contribution in [0, 0.1) is 0 Å². The van der Waals surface area contributed by atoms with Gasteiger partial charge < -0.3 is 19.7 Å². The summed E-state index contributed by atoms with van der Waals surface area (Å²) in [6, 6.07) is 20.9. The van der Waals surface area contributed by atoms with Crippen LogP contribution in [0.1, 0.15) is 167 Å². The SMILES string of the molecule is CCCCCCCCc1ccc2c(c1-c1nc(Oc3cc(C(C)(C)C)c(O)c(C(C)(C)C)c3)nc(Oc3cc(C(C)(C)C)c(O)c(C(C)(C)C)c3)n1)Cc1ccccc1-2. The van der Waals surface area contributed by atoms with E-state index in [1.165, 1.54) is 53.5 Å². The van der Waals surface area contributed by atoms with Crippen molar-refractivity contribution in [2.45, 2.75) is 163 Å². The molecule has 7 nitrogen and oxygen atoms in total. The van der Waals surface area contributed by atoms with Gasteiger partial charge in [-0.3, -0.25) is 0 Å². The number of nitrogens with zero attached hydrogens (tertiary/aromatic N) is 3. The molecule has 0 amide bonds. The number of phenols is 2. The van der Waals surface area contributed by atoms with Crippen molar-refractivity contribution in [3.63, 3.8) is 0 Å². The highest BCUT2D eigenvalue weighted by atomic mass is 16.5. The zero-order valence-corrected chi connectivity index (χ0v) is 38.0. The van der Waals surface area contributed by atoms with Gasteiger partial charge in [-0.2, -0.15) is 9.97 Å². The van der Waals surface area contributed by atoms with Crippen molar-refractivity contribution in [2.24, 2.45) is 0 Å². The third-order valence-corrected chi connectivity index (χ3v) is 11.5. The van der Waals surface area contributed by atoms with Gasteiger partial charge in [0.1, 0.15) is 23.0 Å². The molecule has 314 valence electrons. The van der Waals surface area contributed by atoms with E-state index >= 15 is 0 Å². The number of ether oxygens (including phenoxy) is 2. The number of rotatable bonds is 12. The van der Waals surface area contributed by atoms with E-state index in [1.54, 1.807) is 0 Å². The molecule has 0 radical (unpaired) electrons. The molecule has 0 unspecified atom stereocenters. The zero-order chi connectivity index (χ0) is 43.1. The third-order valence-electron chi connectivity index (χ3n) is 11.5. The lowest BCUT2D eigenvalue weighted by molar-refractivity contribution is 0.385. The first-order chi connectivity index (χ1) is 27.6. The van der Waals surface area contributed by atoms with Crippen LogP contribution >= 0.6 is 0 Å². The van der Waals surface area contributed by atoms with Gasteiger partial charge in [0.05, 0.1) is 0 Å². The van der Waals surface area contributed by atoms with Gasteiger partial charge in [-0.25, -0.2) is 0 Å². The molecule has 1 aliphatic rings. The summed E-state index contributed by atoms with van der Waals surface area (Å²) in [5.41, 5.74) is 8.77. The number of fused-ring (bicyclic) bond motifs is 3. The topological polar surface area (TPSA) is 97.6 Å². The molecule has 1 aromatic heterocycles.